The second kappa shape index (κ2) is 12.2. The highest BCUT2D eigenvalue weighted by Gasteiger charge is 2.43. The quantitative estimate of drug-likeness (QED) is 0.320. The molecule has 2 heterocycles. The van der Waals surface area contributed by atoms with Crippen LogP contribution in [0.5, 0.6) is 0 Å². The van der Waals surface area contributed by atoms with E-state index in [-0.39, 0.29) is 5.54 Å². The molecule has 4 heteroatoms. The average Bonchev–Trinajstić information content (AvgIpc) is 2.98. The Labute approximate surface area is 235 Å². The third kappa shape index (κ3) is 5.89. The number of carbonyl (C=O) groups is 1. The van der Waals surface area contributed by atoms with Gasteiger partial charge < -0.3 is 4.79 Å². The molecular formula is C35H45N3O. The highest BCUT2D eigenvalue weighted by atomic mass is 16.1. The van der Waals surface area contributed by atoms with Gasteiger partial charge in [-0.1, -0.05) is 91.0 Å². The second-order valence-electron chi connectivity index (χ2n) is 12.3. The van der Waals surface area contributed by atoms with Gasteiger partial charge in [0, 0.05) is 44.2 Å². The van der Waals surface area contributed by atoms with Crippen LogP contribution in [0, 0.1) is 5.92 Å². The molecule has 0 amide bonds. The number of rotatable bonds is 8. The number of carbonyl (C=O) groups excluding carboxylic acids is 1. The topological polar surface area (TPSA) is 26.8 Å². The van der Waals surface area contributed by atoms with Crippen LogP contribution in [-0.2, 0) is 10.3 Å². The van der Waals surface area contributed by atoms with Gasteiger partial charge in [0.05, 0.1) is 5.54 Å². The highest BCUT2D eigenvalue weighted by molar-refractivity contribution is 5.57. The molecule has 0 N–H and O–H groups in total. The van der Waals surface area contributed by atoms with Crippen LogP contribution in [0.25, 0.3) is 0 Å². The monoisotopic (exact) mass is 523 g/mol. The Morgan fingerprint density at radius 2 is 1.18 bits per heavy atom. The van der Waals surface area contributed by atoms with Gasteiger partial charge in [-0.3, -0.25) is 14.7 Å². The third-order valence-electron chi connectivity index (χ3n) is 9.20. The molecule has 2 saturated heterocycles. The van der Waals surface area contributed by atoms with Crippen molar-refractivity contribution in [3.8, 4) is 0 Å². The largest absolute Gasteiger partial charge is 0.303 e. The second-order valence-corrected chi connectivity index (χ2v) is 12.3. The van der Waals surface area contributed by atoms with Crippen LogP contribution in [0.2, 0.25) is 0 Å². The fourth-order valence-electron chi connectivity index (χ4n) is 7.14. The van der Waals surface area contributed by atoms with Crippen LogP contribution in [0.1, 0.15) is 62.8 Å². The van der Waals surface area contributed by atoms with E-state index < -0.39 is 5.54 Å². The molecule has 1 unspecified atom stereocenters. The van der Waals surface area contributed by atoms with Crippen LogP contribution < -0.4 is 0 Å². The van der Waals surface area contributed by atoms with E-state index in [1.54, 1.807) is 0 Å². The number of benzene rings is 3. The normalized spacial score (nSPS) is 19.6. The summed E-state index contributed by atoms with van der Waals surface area (Å²) in [7, 11) is 0. The van der Waals surface area contributed by atoms with Crippen LogP contribution in [-0.4, -0.2) is 65.8 Å². The molecule has 39 heavy (non-hydrogen) atoms. The molecule has 3 aromatic rings. The number of likely N-dealkylation sites (tertiary alicyclic amines) is 1. The van der Waals surface area contributed by atoms with E-state index in [2.05, 4.69) is 126 Å². The molecule has 0 spiro atoms. The van der Waals surface area contributed by atoms with Crippen molar-refractivity contribution in [3.05, 3.63) is 108 Å². The maximum absolute atomic E-state index is 12.2. The van der Waals surface area contributed by atoms with Gasteiger partial charge >= 0.3 is 0 Å². The number of hydrogen-bond acceptors (Lipinski definition) is 4. The molecule has 5 rings (SSSR count). The molecule has 0 radical (unpaired) electrons. The first-order valence-electron chi connectivity index (χ1n) is 14.8. The number of piperidine rings is 1. The molecule has 206 valence electrons. The Morgan fingerprint density at radius 1 is 0.692 bits per heavy atom. The van der Waals surface area contributed by atoms with E-state index >= 15 is 0 Å². The van der Waals surface area contributed by atoms with Gasteiger partial charge in [0.2, 0.25) is 0 Å². The lowest BCUT2D eigenvalue weighted by molar-refractivity contribution is -0.110. The van der Waals surface area contributed by atoms with Crippen LogP contribution in [0.4, 0.5) is 0 Å². The molecule has 0 aromatic heterocycles. The summed E-state index contributed by atoms with van der Waals surface area (Å²) < 4.78 is 0. The Hall–Kier alpha value is -2.79. The SMILES string of the molecule is CC(C)(C)N1CCN(C(c2ccccc2)C2CCN(C(CC=O)(c3ccccc3)c3ccccc3)CC2)CC1. The summed E-state index contributed by atoms with van der Waals surface area (Å²) in [6, 6.07) is 33.0. The van der Waals surface area contributed by atoms with Crippen molar-refractivity contribution in [3.63, 3.8) is 0 Å². The fourth-order valence-corrected chi connectivity index (χ4v) is 7.14. The molecule has 1 atom stereocenters. The van der Waals surface area contributed by atoms with Gasteiger partial charge in [0.25, 0.3) is 0 Å². The van der Waals surface area contributed by atoms with Gasteiger partial charge in [0.1, 0.15) is 6.29 Å². The highest BCUT2D eigenvalue weighted by Crippen LogP contribution is 2.44. The summed E-state index contributed by atoms with van der Waals surface area (Å²) in [5.74, 6) is 0.588. The zero-order valence-corrected chi connectivity index (χ0v) is 24.0. The minimum absolute atomic E-state index is 0.219. The Bertz CT molecular complexity index is 1120. The van der Waals surface area contributed by atoms with E-state index in [0.717, 1.165) is 58.4 Å². The average molecular weight is 524 g/mol. The minimum Gasteiger partial charge on any atom is -0.303 e. The van der Waals surface area contributed by atoms with Gasteiger partial charge in [-0.25, -0.2) is 0 Å². The molecule has 2 aliphatic heterocycles. The molecular weight excluding hydrogens is 478 g/mol. The van der Waals surface area contributed by atoms with Crippen LogP contribution in [0.15, 0.2) is 91.0 Å². The van der Waals surface area contributed by atoms with Crippen molar-refractivity contribution in [1.82, 2.24) is 14.7 Å². The smallest absolute Gasteiger partial charge is 0.122 e. The van der Waals surface area contributed by atoms with E-state index in [4.69, 9.17) is 0 Å². The molecule has 0 bridgehead atoms. The predicted molar refractivity (Wildman–Crippen MR) is 161 cm³/mol. The van der Waals surface area contributed by atoms with Gasteiger partial charge in [0.15, 0.2) is 0 Å². The molecule has 2 aliphatic rings. The fraction of sp³-hybridized carbons (Fsp3) is 0.457. The summed E-state index contributed by atoms with van der Waals surface area (Å²) in [4.78, 5) is 20.2. The molecule has 0 aliphatic carbocycles. The molecule has 0 saturated carbocycles. The van der Waals surface area contributed by atoms with Crippen molar-refractivity contribution < 1.29 is 4.79 Å². The molecule has 2 fully saturated rings. The minimum atomic E-state index is -0.435. The van der Waals surface area contributed by atoms with Crippen molar-refractivity contribution in [2.75, 3.05) is 39.3 Å². The third-order valence-corrected chi connectivity index (χ3v) is 9.20. The lowest BCUT2D eigenvalue weighted by Crippen LogP contribution is -2.56. The first kappa shape index (κ1) is 27.8. The van der Waals surface area contributed by atoms with Crippen LogP contribution in [0.3, 0.4) is 0 Å². The number of piperazine rings is 1. The van der Waals surface area contributed by atoms with Crippen molar-refractivity contribution >= 4 is 6.29 Å². The maximum Gasteiger partial charge on any atom is 0.122 e. The van der Waals surface area contributed by atoms with E-state index in [0.29, 0.717) is 18.4 Å². The van der Waals surface area contributed by atoms with Crippen LogP contribution >= 0.6 is 0 Å². The molecule has 4 nitrogen and oxygen atoms in total. The lowest BCUT2D eigenvalue weighted by atomic mass is 9.76. The van der Waals surface area contributed by atoms with Crippen molar-refractivity contribution in [2.45, 2.75) is 57.2 Å². The standard InChI is InChI=1S/C35H45N3O/c1-34(2,3)37-26-24-36(25-27-37)33(29-13-7-4-8-14-29)30-19-22-38(23-20-30)35(21-28-39,31-15-9-5-10-16-31)32-17-11-6-12-18-32/h4-18,28,30,33H,19-27H2,1-3H3. The first-order valence-corrected chi connectivity index (χ1v) is 14.8. The first-order chi connectivity index (χ1) is 18.9. The van der Waals surface area contributed by atoms with Gasteiger partial charge in [-0.05, 0) is 69.3 Å². The summed E-state index contributed by atoms with van der Waals surface area (Å²) >= 11 is 0. The predicted octanol–water partition coefficient (Wildman–Crippen LogP) is 6.39. The Balaban J connectivity index is 1.41. The zero-order chi connectivity index (χ0) is 27.3. The lowest BCUT2D eigenvalue weighted by Gasteiger charge is -2.50. The van der Waals surface area contributed by atoms with Crippen molar-refractivity contribution in [1.29, 1.82) is 0 Å². The number of hydrogen-bond donors (Lipinski definition) is 0. The number of nitrogens with zero attached hydrogens (tertiary/aromatic N) is 3. The molecule has 3 aromatic carbocycles. The van der Waals surface area contributed by atoms with Crippen molar-refractivity contribution in [2.24, 2.45) is 5.92 Å². The van der Waals surface area contributed by atoms with E-state index in [9.17, 15) is 4.79 Å². The zero-order valence-electron chi connectivity index (χ0n) is 24.0. The number of aldehydes is 1. The van der Waals surface area contributed by atoms with E-state index in [1.807, 2.05) is 0 Å². The summed E-state index contributed by atoms with van der Waals surface area (Å²) in [5.41, 5.74) is 3.65. The summed E-state index contributed by atoms with van der Waals surface area (Å²) in [6.07, 6.45) is 3.83. The Morgan fingerprint density at radius 3 is 1.64 bits per heavy atom. The van der Waals surface area contributed by atoms with Gasteiger partial charge in [-0.2, -0.15) is 0 Å². The van der Waals surface area contributed by atoms with Gasteiger partial charge in [-0.15, -0.1) is 0 Å². The summed E-state index contributed by atoms with van der Waals surface area (Å²) in [6.45, 7) is 13.4. The van der Waals surface area contributed by atoms with E-state index in [1.165, 1.54) is 16.7 Å². The maximum atomic E-state index is 12.2. The Kier molecular flexibility index (Phi) is 8.66. The summed E-state index contributed by atoms with van der Waals surface area (Å²) in [5, 5.41) is 0.